The fourth-order valence-electron chi connectivity index (χ4n) is 2.78. The fraction of sp³-hybridized carbons (Fsp3) is 0.667. The van der Waals surface area contributed by atoms with Gasteiger partial charge in [0.15, 0.2) is 0 Å². The molecule has 0 bridgehead atoms. The minimum atomic E-state index is 0.608. The summed E-state index contributed by atoms with van der Waals surface area (Å²) >= 11 is 0. The average molecular weight is 308 g/mol. The monoisotopic (exact) mass is 308 g/mol. The smallest absolute Gasteiger partial charge is 0.144 e. The molecule has 1 aromatic rings. The van der Waals surface area contributed by atoms with Crippen LogP contribution in [0.2, 0.25) is 0 Å². The molecule has 0 heterocycles. The van der Waals surface area contributed by atoms with Gasteiger partial charge in [0.2, 0.25) is 0 Å². The number of rotatable bonds is 10. The molecule has 0 aliphatic rings. The van der Waals surface area contributed by atoms with Gasteiger partial charge in [-0.15, -0.1) is 0 Å². The Morgan fingerprint density at radius 2 is 1.77 bits per heavy atom. The molecule has 0 saturated carbocycles. The number of methoxy groups -OCH3 is 2. The van der Waals surface area contributed by atoms with E-state index < -0.39 is 0 Å². The Labute approximate surface area is 135 Å². The molecule has 0 amide bonds. The van der Waals surface area contributed by atoms with E-state index in [9.17, 15) is 0 Å². The van der Waals surface area contributed by atoms with Gasteiger partial charge in [0, 0.05) is 25.2 Å². The summed E-state index contributed by atoms with van der Waals surface area (Å²) in [5.41, 5.74) is 7.66. The molecule has 0 aliphatic carbocycles. The Morgan fingerprint density at radius 3 is 2.27 bits per heavy atom. The minimum Gasteiger partial charge on any atom is -0.495 e. The first-order valence-electron chi connectivity index (χ1n) is 8.37. The van der Waals surface area contributed by atoms with Crippen molar-refractivity contribution in [2.75, 3.05) is 37.9 Å². The normalized spacial score (nSPS) is 12.0. The van der Waals surface area contributed by atoms with Crippen molar-refractivity contribution in [3.63, 3.8) is 0 Å². The SMILES string of the molecule is CCCCC(CC)CN(CC)c1cc(OC)c(N)cc1OC. The van der Waals surface area contributed by atoms with E-state index in [1.54, 1.807) is 14.2 Å². The molecule has 1 rings (SSSR count). The first-order chi connectivity index (χ1) is 10.6. The van der Waals surface area contributed by atoms with Crippen molar-refractivity contribution >= 4 is 11.4 Å². The van der Waals surface area contributed by atoms with Gasteiger partial charge in [-0.05, 0) is 19.3 Å². The van der Waals surface area contributed by atoms with Gasteiger partial charge in [0.05, 0.1) is 25.6 Å². The molecule has 0 aliphatic heterocycles. The number of hydrogen-bond acceptors (Lipinski definition) is 4. The van der Waals surface area contributed by atoms with Crippen molar-refractivity contribution in [1.29, 1.82) is 0 Å². The van der Waals surface area contributed by atoms with E-state index in [4.69, 9.17) is 15.2 Å². The fourth-order valence-corrected chi connectivity index (χ4v) is 2.78. The van der Waals surface area contributed by atoms with Crippen molar-refractivity contribution in [2.24, 2.45) is 5.92 Å². The van der Waals surface area contributed by atoms with E-state index in [0.29, 0.717) is 17.4 Å². The summed E-state index contributed by atoms with van der Waals surface area (Å²) < 4.78 is 10.9. The number of unbranched alkanes of at least 4 members (excludes halogenated alkanes) is 1. The molecule has 4 nitrogen and oxygen atoms in total. The highest BCUT2D eigenvalue weighted by Gasteiger charge is 2.17. The lowest BCUT2D eigenvalue weighted by atomic mass is 9.98. The molecule has 0 fully saturated rings. The Morgan fingerprint density at radius 1 is 1.09 bits per heavy atom. The van der Waals surface area contributed by atoms with Crippen LogP contribution in [0.3, 0.4) is 0 Å². The summed E-state index contributed by atoms with van der Waals surface area (Å²) in [4.78, 5) is 2.37. The van der Waals surface area contributed by atoms with Crippen LogP contribution >= 0.6 is 0 Å². The average Bonchev–Trinajstić information content (AvgIpc) is 2.55. The second kappa shape index (κ2) is 9.44. The summed E-state index contributed by atoms with van der Waals surface area (Å²) in [6.45, 7) is 8.67. The molecule has 0 radical (unpaired) electrons. The Kier molecular flexibility index (Phi) is 7.92. The largest absolute Gasteiger partial charge is 0.495 e. The van der Waals surface area contributed by atoms with Gasteiger partial charge in [-0.1, -0.05) is 33.1 Å². The van der Waals surface area contributed by atoms with Gasteiger partial charge in [0.25, 0.3) is 0 Å². The van der Waals surface area contributed by atoms with Crippen LogP contribution in [-0.2, 0) is 0 Å². The lowest BCUT2D eigenvalue weighted by Crippen LogP contribution is -2.29. The molecule has 1 atom stereocenters. The molecule has 4 heteroatoms. The van der Waals surface area contributed by atoms with Gasteiger partial charge in [-0.25, -0.2) is 0 Å². The summed E-state index contributed by atoms with van der Waals surface area (Å²) in [5.74, 6) is 2.22. The lowest BCUT2D eigenvalue weighted by Gasteiger charge is -2.29. The Bertz CT molecular complexity index is 449. The van der Waals surface area contributed by atoms with Crippen LogP contribution in [0.4, 0.5) is 11.4 Å². The first kappa shape index (κ1) is 18.5. The summed E-state index contributed by atoms with van der Waals surface area (Å²) in [6, 6.07) is 3.84. The Balaban J connectivity index is 3.02. The maximum absolute atomic E-state index is 5.99. The van der Waals surface area contributed by atoms with Crippen molar-refractivity contribution in [3.05, 3.63) is 12.1 Å². The topological polar surface area (TPSA) is 47.7 Å². The van der Waals surface area contributed by atoms with Crippen LogP contribution < -0.4 is 20.1 Å². The van der Waals surface area contributed by atoms with Crippen LogP contribution in [0.25, 0.3) is 0 Å². The molecular weight excluding hydrogens is 276 g/mol. The molecule has 0 aromatic heterocycles. The molecule has 0 saturated heterocycles. The second-order valence-corrected chi connectivity index (χ2v) is 5.72. The number of nitrogens with zero attached hydrogens (tertiary/aromatic N) is 1. The zero-order valence-electron chi connectivity index (χ0n) is 14.8. The maximum atomic E-state index is 5.99. The van der Waals surface area contributed by atoms with Crippen molar-refractivity contribution in [2.45, 2.75) is 46.5 Å². The Hall–Kier alpha value is -1.58. The third-order valence-electron chi connectivity index (χ3n) is 4.28. The molecular formula is C18H32N2O2. The second-order valence-electron chi connectivity index (χ2n) is 5.72. The number of nitrogen functional groups attached to an aromatic ring is 1. The van der Waals surface area contributed by atoms with E-state index in [2.05, 4.69) is 25.7 Å². The number of nitrogens with two attached hydrogens (primary N) is 1. The number of hydrogen-bond donors (Lipinski definition) is 1. The minimum absolute atomic E-state index is 0.608. The zero-order chi connectivity index (χ0) is 16.5. The van der Waals surface area contributed by atoms with Gasteiger partial charge >= 0.3 is 0 Å². The van der Waals surface area contributed by atoms with E-state index in [0.717, 1.165) is 24.5 Å². The van der Waals surface area contributed by atoms with Crippen molar-refractivity contribution in [1.82, 2.24) is 0 Å². The standard InChI is InChI=1S/C18H32N2O2/c1-6-9-10-14(7-2)13-20(8-3)16-12-17(21-4)15(19)11-18(16)22-5/h11-12,14H,6-10,13,19H2,1-5H3. The predicted molar refractivity (Wildman–Crippen MR) is 95.2 cm³/mol. The lowest BCUT2D eigenvalue weighted by molar-refractivity contribution is 0.401. The number of anilines is 2. The highest BCUT2D eigenvalue weighted by atomic mass is 16.5. The van der Waals surface area contributed by atoms with Crippen LogP contribution in [0.5, 0.6) is 11.5 Å². The summed E-state index contributed by atoms with van der Waals surface area (Å²) in [5, 5.41) is 0. The van der Waals surface area contributed by atoms with Crippen LogP contribution in [0, 0.1) is 5.92 Å². The maximum Gasteiger partial charge on any atom is 0.144 e. The van der Waals surface area contributed by atoms with Gasteiger partial charge in [0.1, 0.15) is 11.5 Å². The molecule has 1 unspecified atom stereocenters. The predicted octanol–water partition coefficient (Wildman–Crippen LogP) is 4.33. The third-order valence-corrected chi connectivity index (χ3v) is 4.28. The third kappa shape index (κ3) is 4.72. The summed E-state index contributed by atoms with van der Waals surface area (Å²) in [6.07, 6.45) is 5.02. The highest BCUT2D eigenvalue weighted by molar-refractivity contribution is 5.70. The van der Waals surface area contributed by atoms with Crippen LogP contribution in [0.1, 0.15) is 46.5 Å². The van der Waals surface area contributed by atoms with Crippen LogP contribution in [0.15, 0.2) is 12.1 Å². The molecule has 22 heavy (non-hydrogen) atoms. The number of ether oxygens (including phenoxy) is 2. The van der Waals surface area contributed by atoms with Crippen LogP contribution in [-0.4, -0.2) is 27.3 Å². The van der Waals surface area contributed by atoms with E-state index >= 15 is 0 Å². The zero-order valence-corrected chi connectivity index (χ0v) is 14.8. The summed E-state index contributed by atoms with van der Waals surface area (Å²) in [7, 11) is 3.33. The van der Waals surface area contributed by atoms with Gasteiger partial charge in [-0.3, -0.25) is 0 Å². The molecule has 2 N–H and O–H groups in total. The first-order valence-corrected chi connectivity index (χ1v) is 8.37. The van der Waals surface area contributed by atoms with Gasteiger partial charge in [-0.2, -0.15) is 0 Å². The van der Waals surface area contributed by atoms with Gasteiger partial charge < -0.3 is 20.1 Å². The number of benzene rings is 1. The van der Waals surface area contributed by atoms with Crippen molar-refractivity contribution < 1.29 is 9.47 Å². The highest BCUT2D eigenvalue weighted by Crippen LogP contribution is 2.37. The molecule has 1 aromatic carbocycles. The van der Waals surface area contributed by atoms with Crippen molar-refractivity contribution in [3.8, 4) is 11.5 Å². The van der Waals surface area contributed by atoms with E-state index in [-0.39, 0.29) is 0 Å². The molecule has 126 valence electrons. The van der Waals surface area contributed by atoms with E-state index in [1.807, 2.05) is 12.1 Å². The quantitative estimate of drug-likeness (QED) is 0.654. The van der Waals surface area contributed by atoms with E-state index in [1.165, 1.54) is 25.7 Å². The molecule has 0 spiro atoms.